The molecule has 1 aromatic carbocycles. The maximum atomic E-state index is 12.3. The van der Waals surface area contributed by atoms with E-state index >= 15 is 0 Å². The van der Waals surface area contributed by atoms with E-state index in [0.717, 1.165) is 17.8 Å². The number of carbonyl (C=O) groups is 1. The SMILES string of the molecule is CCCNC(=O)c1cc(C)nc(Nc2c(C(C)C)cccc2C(C)C)n1. The number of carbonyl (C=O) groups excluding carboxylic acids is 1. The number of aryl methyl sites for hydroxylation is 1. The number of rotatable bonds is 7. The molecule has 0 unspecified atom stereocenters. The molecule has 2 N–H and O–H groups in total. The molecule has 26 heavy (non-hydrogen) atoms. The molecule has 0 radical (unpaired) electrons. The molecule has 2 aromatic rings. The van der Waals surface area contributed by atoms with E-state index in [1.807, 2.05) is 13.8 Å². The van der Waals surface area contributed by atoms with Gasteiger partial charge in [0.2, 0.25) is 5.95 Å². The van der Waals surface area contributed by atoms with Gasteiger partial charge < -0.3 is 10.6 Å². The van der Waals surface area contributed by atoms with Crippen LogP contribution < -0.4 is 10.6 Å². The van der Waals surface area contributed by atoms with E-state index in [4.69, 9.17) is 0 Å². The average Bonchev–Trinajstić information content (AvgIpc) is 2.58. The van der Waals surface area contributed by atoms with Crippen LogP contribution >= 0.6 is 0 Å². The lowest BCUT2D eigenvalue weighted by Crippen LogP contribution is -2.25. The van der Waals surface area contributed by atoms with Crippen LogP contribution in [0.3, 0.4) is 0 Å². The maximum absolute atomic E-state index is 12.3. The Morgan fingerprint density at radius 1 is 1.08 bits per heavy atom. The molecule has 0 atom stereocenters. The molecule has 0 aliphatic rings. The zero-order valence-corrected chi connectivity index (χ0v) is 16.7. The fourth-order valence-corrected chi connectivity index (χ4v) is 2.88. The number of para-hydroxylation sites is 1. The van der Waals surface area contributed by atoms with Crippen LogP contribution in [0.15, 0.2) is 24.3 Å². The smallest absolute Gasteiger partial charge is 0.270 e. The molecule has 0 spiro atoms. The van der Waals surface area contributed by atoms with Crippen molar-refractivity contribution in [2.45, 2.75) is 59.8 Å². The van der Waals surface area contributed by atoms with E-state index in [-0.39, 0.29) is 5.91 Å². The zero-order chi connectivity index (χ0) is 19.3. The van der Waals surface area contributed by atoms with E-state index < -0.39 is 0 Å². The summed E-state index contributed by atoms with van der Waals surface area (Å²) in [5, 5.41) is 6.26. The molecule has 0 saturated heterocycles. The van der Waals surface area contributed by atoms with Crippen molar-refractivity contribution in [1.29, 1.82) is 0 Å². The standard InChI is InChI=1S/C21H30N4O/c1-7-11-22-20(26)18-12-15(6)23-21(24-18)25-19-16(13(2)3)9-8-10-17(19)14(4)5/h8-10,12-14H,7,11H2,1-6H3,(H,22,26)(H,23,24,25). The molecule has 5 heteroatoms. The van der Waals surface area contributed by atoms with Crippen molar-refractivity contribution in [3.8, 4) is 0 Å². The van der Waals surface area contributed by atoms with Crippen LogP contribution in [-0.4, -0.2) is 22.4 Å². The lowest BCUT2D eigenvalue weighted by atomic mass is 9.93. The molecular weight excluding hydrogens is 324 g/mol. The Kier molecular flexibility index (Phi) is 6.72. The van der Waals surface area contributed by atoms with Gasteiger partial charge in [-0.1, -0.05) is 52.8 Å². The van der Waals surface area contributed by atoms with E-state index in [0.29, 0.717) is 30.0 Å². The normalized spacial score (nSPS) is 11.1. The van der Waals surface area contributed by atoms with Crippen molar-refractivity contribution in [2.75, 3.05) is 11.9 Å². The number of amides is 1. The van der Waals surface area contributed by atoms with Crippen LogP contribution in [0.25, 0.3) is 0 Å². The summed E-state index contributed by atoms with van der Waals surface area (Å²) in [7, 11) is 0. The third-order valence-electron chi connectivity index (χ3n) is 4.23. The first-order valence-electron chi connectivity index (χ1n) is 9.37. The Morgan fingerprint density at radius 2 is 1.69 bits per heavy atom. The van der Waals surface area contributed by atoms with Crippen LogP contribution in [-0.2, 0) is 0 Å². The Morgan fingerprint density at radius 3 is 2.23 bits per heavy atom. The quantitative estimate of drug-likeness (QED) is 0.741. The minimum Gasteiger partial charge on any atom is -0.351 e. The summed E-state index contributed by atoms with van der Waals surface area (Å²) in [6, 6.07) is 8.07. The first-order chi connectivity index (χ1) is 12.3. The predicted molar refractivity (Wildman–Crippen MR) is 107 cm³/mol. The molecule has 0 bridgehead atoms. The lowest BCUT2D eigenvalue weighted by Gasteiger charge is -2.20. The van der Waals surface area contributed by atoms with Crippen molar-refractivity contribution in [1.82, 2.24) is 15.3 Å². The number of nitrogens with one attached hydrogen (secondary N) is 2. The molecular formula is C21H30N4O. The fraction of sp³-hybridized carbons (Fsp3) is 0.476. The van der Waals surface area contributed by atoms with Gasteiger partial charge in [-0.25, -0.2) is 9.97 Å². The molecule has 1 heterocycles. The number of benzene rings is 1. The summed E-state index contributed by atoms with van der Waals surface area (Å²) in [5.41, 5.74) is 4.64. The highest BCUT2D eigenvalue weighted by Gasteiger charge is 2.16. The second-order valence-corrected chi connectivity index (χ2v) is 7.22. The van der Waals surface area contributed by atoms with Crippen LogP contribution in [0.2, 0.25) is 0 Å². The molecule has 0 fully saturated rings. The molecule has 1 amide bonds. The van der Waals surface area contributed by atoms with E-state index in [2.05, 4.69) is 66.5 Å². The van der Waals surface area contributed by atoms with Gasteiger partial charge in [0, 0.05) is 17.9 Å². The van der Waals surface area contributed by atoms with Gasteiger partial charge in [-0.05, 0) is 42.4 Å². The number of aromatic nitrogens is 2. The van der Waals surface area contributed by atoms with Crippen LogP contribution in [0.4, 0.5) is 11.6 Å². The molecule has 1 aromatic heterocycles. The largest absolute Gasteiger partial charge is 0.351 e. The van der Waals surface area contributed by atoms with Gasteiger partial charge in [-0.15, -0.1) is 0 Å². The van der Waals surface area contributed by atoms with Crippen molar-refractivity contribution in [2.24, 2.45) is 0 Å². The minimum atomic E-state index is -0.165. The molecule has 0 aliphatic heterocycles. The van der Waals surface area contributed by atoms with E-state index in [1.54, 1.807) is 6.07 Å². The predicted octanol–water partition coefficient (Wildman–Crippen LogP) is 4.92. The summed E-state index contributed by atoms with van der Waals surface area (Å²) in [6.45, 7) is 13.2. The van der Waals surface area contributed by atoms with Crippen molar-refractivity contribution in [3.63, 3.8) is 0 Å². The van der Waals surface area contributed by atoms with Crippen LogP contribution in [0.1, 0.15) is 80.2 Å². The summed E-state index contributed by atoms with van der Waals surface area (Å²) in [4.78, 5) is 21.2. The van der Waals surface area contributed by atoms with Gasteiger partial charge in [0.15, 0.2) is 0 Å². The number of nitrogens with zero attached hydrogens (tertiary/aromatic N) is 2. The third-order valence-corrected chi connectivity index (χ3v) is 4.23. The van der Waals surface area contributed by atoms with Crippen molar-refractivity contribution < 1.29 is 4.79 Å². The first-order valence-corrected chi connectivity index (χ1v) is 9.37. The topological polar surface area (TPSA) is 66.9 Å². The Balaban J connectivity index is 2.42. The highest BCUT2D eigenvalue weighted by atomic mass is 16.1. The fourth-order valence-electron chi connectivity index (χ4n) is 2.88. The van der Waals surface area contributed by atoms with Gasteiger partial charge in [0.1, 0.15) is 5.69 Å². The monoisotopic (exact) mass is 354 g/mol. The number of hydrogen-bond acceptors (Lipinski definition) is 4. The Bertz CT molecular complexity index is 742. The molecule has 2 rings (SSSR count). The van der Waals surface area contributed by atoms with Crippen LogP contribution in [0, 0.1) is 6.92 Å². The summed E-state index contributed by atoms with van der Waals surface area (Å²) >= 11 is 0. The minimum absolute atomic E-state index is 0.165. The highest BCUT2D eigenvalue weighted by Crippen LogP contribution is 2.33. The Labute approximate surface area is 156 Å². The van der Waals surface area contributed by atoms with E-state index in [1.165, 1.54) is 11.1 Å². The maximum Gasteiger partial charge on any atom is 0.270 e. The summed E-state index contributed by atoms with van der Waals surface area (Å²) in [5.74, 6) is 1.03. The highest BCUT2D eigenvalue weighted by molar-refractivity contribution is 5.92. The third kappa shape index (κ3) is 4.81. The first kappa shape index (κ1) is 19.9. The molecule has 0 saturated carbocycles. The second-order valence-electron chi connectivity index (χ2n) is 7.22. The molecule has 5 nitrogen and oxygen atoms in total. The summed E-state index contributed by atoms with van der Waals surface area (Å²) in [6.07, 6.45) is 0.889. The van der Waals surface area contributed by atoms with Gasteiger partial charge in [-0.3, -0.25) is 4.79 Å². The average molecular weight is 354 g/mol. The summed E-state index contributed by atoms with van der Waals surface area (Å²) < 4.78 is 0. The Hall–Kier alpha value is -2.43. The van der Waals surface area contributed by atoms with Crippen molar-refractivity contribution in [3.05, 3.63) is 46.8 Å². The number of hydrogen-bond donors (Lipinski definition) is 2. The zero-order valence-electron chi connectivity index (χ0n) is 16.7. The van der Waals surface area contributed by atoms with Gasteiger partial charge in [0.25, 0.3) is 5.91 Å². The number of anilines is 2. The van der Waals surface area contributed by atoms with E-state index in [9.17, 15) is 4.79 Å². The van der Waals surface area contributed by atoms with Gasteiger partial charge in [-0.2, -0.15) is 0 Å². The molecule has 140 valence electrons. The lowest BCUT2D eigenvalue weighted by molar-refractivity contribution is 0.0948. The van der Waals surface area contributed by atoms with Gasteiger partial charge in [0.05, 0.1) is 0 Å². The molecule has 0 aliphatic carbocycles. The second kappa shape index (κ2) is 8.79. The van der Waals surface area contributed by atoms with Crippen LogP contribution in [0.5, 0.6) is 0 Å². The van der Waals surface area contributed by atoms with Crippen molar-refractivity contribution >= 4 is 17.5 Å². The van der Waals surface area contributed by atoms with Gasteiger partial charge >= 0.3 is 0 Å².